The molecule has 0 radical (unpaired) electrons. The molecular formula is C16H22N2OS. The van der Waals surface area contributed by atoms with Gasteiger partial charge in [-0.25, -0.2) is 0 Å². The van der Waals surface area contributed by atoms with Gasteiger partial charge < -0.3 is 10.6 Å². The van der Waals surface area contributed by atoms with E-state index in [0.717, 1.165) is 35.6 Å². The van der Waals surface area contributed by atoms with Crippen LogP contribution in [-0.2, 0) is 0 Å². The third-order valence-corrected chi connectivity index (χ3v) is 4.31. The van der Waals surface area contributed by atoms with Crippen LogP contribution in [-0.4, -0.2) is 29.9 Å². The summed E-state index contributed by atoms with van der Waals surface area (Å²) in [5, 5.41) is 0. The number of carbonyl (C=O) groups is 1. The molecule has 0 saturated heterocycles. The van der Waals surface area contributed by atoms with Gasteiger partial charge in [0.1, 0.15) is 0 Å². The van der Waals surface area contributed by atoms with Crippen molar-refractivity contribution < 1.29 is 4.79 Å². The Morgan fingerprint density at radius 2 is 2.25 bits per heavy atom. The molecule has 1 aromatic rings. The lowest BCUT2D eigenvalue weighted by atomic mass is 10.1. The van der Waals surface area contributed by atoms with Gasteiger partial charge in [-0.15, -0.1) is 11.3 Å². The van der Waals surface area contributed by atoms with E-state index in [1.165, 1.54) is 11.3 Å². The minimum absolute atomic E-state index is 0.166. The molecule has 0 unspecified atom stereocenters. The summed E-state index contributed by atoms with van der Waals surface area (Å²) < 4.78 is 0. The van der Waals surface area contributed by atoms with Crippen LogP contribution in [0.25, 0.3) is 0 Å². The molecule has 1 aromatic heterocycles. The first-order valence-corrected chi connectivity index (χ1v) is 8.03. The second kappa shape index (κ2) is 6.92. The predicted molar refractivity (Wildman–Crippen MR) is 83.8 cm³/mol. The minimum Gasteiger partial charge on any atom is -0.335 e. The Hall–Kier alpha value is -1.31. The lowest BCUT2D eigenvalue weighted by Gasteiger charge is -2.22. The van der Waals surface area contributed by atoms with E-state index in [1.807, 2.05) is 17.0 Å². The summed E-state index contributed by atoms with van der Waals surface area (Å²) >= 11 is 1.47. The molecule has 0 spiro atoms. The van der Waals surface area contributed by atoms with Gasteiger partial charge in [-0.05, 0) is 37.3 Å². The second-order valence-corrected chi connectivity index (χ2v) is 6.67. The summed E-state index contributed by atoms with van der Waals surface area (Å²) in [5.41, 5.74) is 5.36. The van der Waals surface area contributed by atoms with Gasteiger partial charge in [0, 0.05) is 12.6 Å². The van der Waals surface area contributed by atoms with E-state index in [9.17, 15) is 4.79 Å². The number of hydrogen-bond acceptors (Lipinski definition) is 3. The molecule has 20 heavy (non-hydrogen) atoms. The SMILES string of the molecule is CC(C)CCN(C(=O)c1ccc(C#CCN)s1)C1CC1. The van der Waals surface area contributed by atoms with E-state index in [0.29, 0.717) is 18.5 Å². The number of thiophene rings is 1. The number of carbonyl (C=O) groups excluding carboxylic acids is 1. The molecule has 1 aliphatic carbocycles. The number of amides is 1. The highest BCUT2D eigenvalue weighted by molar-refractivity contribution is 7.14. The summed E-state index contributed by atoms with van der Waals surface area (Å²) in [6.07, 6.45) is 3.36. The van der Waals surface area contributed by atoms with Crippen molar-refractivity contribution in [2.75, 3.05) is 13.1 Å². The van der Waals surface area contributed by atoms with Crippen LogP contribution in [0.2, 0.25) is 0 Å². The van der Waals surface area contributed by atoms with Gasteiger partial charge >= 0.3 is 0 Å². The Labute approximate surface area is 125 Å². The van der Waals surface area contributed by atoms with Crippen molar-refractivity contribution in [1.29, 1.82) is 0 Å². The molecule has 0 aliphatic heterocycles. The fourth-order valence-corrected chi connectivity index (χ4v) is 2.87. The van der Waals surface area contributed by atoms with Crippen molar-refractivity contribution in [3.05, 3.63) is 21.9 Å². The Morgan fingerprint density at radius 1 is 1.50 bits per heavy atom. The van der Waals surface area contributed by atoms with Crippen LogP contribution in [0, 0.1) is 17.8 Å². The van der Waals surface area contributed by atoms with Crippen molar-refractivity contribution in [2.45, 2.75) is 39.2 Å². The van der Waals surface area contributed by atoms with Crippen LogP contribution < -0.4 is 5.73 Å². The zero-order valence-electron chi connectivity index (χ0n) is 12.2. The number of rotatable bonds is 5. The number of hydrogen-bond donors (Lipinski definition) is 1. The normalized spacial score (nSPS) is 14.0. The van der Waals surface area contributed by atoms with Gasteiger partial charge in [0.15, 0.2) is 0 Å². The van der Waals surface area contributed by atoms with E-state index in [-0.39, 0.29) is 5.91 Å². The maximum Gasteiger partial charge on any atom is 0.264 e. The van der Waals surface area contributed by atoms with Crippen molar-refractivity contribution >= 4 is 17.2 Å². The van der Waals surface area contributed by atoms with Gasteiger partial charge in [0.05, 0.1) is 16.3 Å². The van der Waals surface area contributed by atoms with E-state index in [2.05, 4.69) is 25.7 Å². The van der Waals surface area contributed by atoms with Gasteiger partial charge in [-0.2, -0.15) is 0 Å². The molecule has 2 N–H and O–H groups in total. The van der Waals surface area contributed by atoms with Crippen LogP contribution in [0.3, 0.4) is 0 Å². The molecule has 0 bridgehead atoms. The molecule has 0 aromatic carbocycles. The quantitative estimate of drug-likeness (QED) is 0.848. The summed E-state index contributed by atoms with van der Waals surface area (Å²) in [6.45, 7) is 5.61. The lowest BCUT2D eigenvalue weighted by Crippen LogP contribution is -2.34. The maximum atomic E-state index is 12.6. The molecule has 3 nitrogen and oxygen atoms in total. The van der Waals surface area contributed by atoms with Crippen LogP contribution in [0.1, 0.15) is 47.7 Å². The fourth-order valence-electron chi connectivity index (χ4n) is 2.03. The van der Waals surface area contributed by atoms with E-state index < -0.39 is 0 Å². The minimum atomic E-state index is 0.166. The summed E-state index contributed by atoms with van der Waals surface area (Å²) in [5.74, 6) is 6.60. The van der Waals surface area contributed by atoms with Gasteiger partial charge in [-0.3, -0.25) is 4.79 Å². The highest BCUT2D eigenvalue weighted by Crippen LogP contribution is 2.30. The highest BCUT2D eigenvalue weighted by atomic mass is 32.1. The summed E-state index contributed by atoms with van der Waals surface area (Å²) in [4.78, 5) is 16.3. The molecule has 1 aliphatic rings. The predicted octanol–water partition coefficient (Wildman–Crippen LogP) is 2.71. The van der Waals surface area contributed by atoms with Crippen LogP contribution >= 0.6 is 11.3 Å². The molecule has 0 atom stereocenters. The van der Waals surface area contributed by atoms with E-state index in [1.54, 1.807) is 0 Å². The number of nitrogens with two attached hydrogens (primary N) is 1. The molecule has 2 rings (SSSR count). The smallest absolute Gasteiger partial charge is 0.264 e. The van der Waals surface area contributed by atoms with Gasteiger partial charge in [0.2, 0.25) is 0 Å². The average Bonchev–Trinajstić information content (AvgIpc) is 3.14. The second-order valence-electron chi connectivity index (χ2n) is 5.58. The van der Waals surface area contributed by atoms with Crippen LogP contribution in [0.4, 0.5) is 0 Å². The third kappa shape index (κ3) is 4.09. The molecule has 108 valence electrons. The average molecular weight is 290 g/mol. The molecule has 1 amide bonds. The Balaban J connectivity index is 2.05. The zero-order valence-corrected chi connectivity index (χ0v) is 13.0. The van der Waals surface area contributed by atoms with Crippen molar-refractivity contribution in [1.82, 2.24) is 4.90 Å². The highest BCUT2D eigenvalue weighted by Gasteiger charge is 2.33. The van der Waals surface area contributed by atoms with E-state index >= 15 is 0 Å². The standard InChI is InChI=1S/C16H22N2OS/c1-12(2)9-11-18(13-5-6-13)16(19)15-8-7-14(20-15)4-3-10-17/h7-8,12-13H,5-6,9-11,17H2,1-2H3. The van der Waals surface area contributed by atoms with Crippen LogP contribution in [0.5, 0.6) is 0 Å². The first-order valence-electron chi connectivity index (χ1n) is 7.21. The first-order chi connectivity index (χ1) is 9.61. The van der Waals surface area contributed by atoms with Crippen molar-refractivity contribution in [3.63, 3.8) is 0 Å². The maximum absolute atomic E-state index is 12.6. The Kier molecular flexibility index (Phi) is 5.22. The molecule has 1 fully saturated rings. The topological polar surface area (TPSA) is 46.3 Å². The fraction of sp³-hybridized carbons (Fsp3) is 0.562. The molecular weight excluding hydrogens is 268 g/mol. The van der Waals surface area contributed by atoms with Crippen LogP contribution in [0.15, 0.2) is 12.1 Å². The van der Waals surface area contributed by atoms with Gasteiger partial charge in [0.25, 0.3) is 5.91 Å². The molecule has 1 heterocycles. The van der Waals surface area contributed by atoms with Gasteiger partial charge in [-0.1, -0.05) is 25.7 Å². The number of nitrogens with zero attached hydrogens (tertiary/aromatic N) is 1. The first kappa shape index (κ1) is 15.1. The zero-order chi connectivity index (χ0) is 14.5. The lowest BCUT2D eigenvalue weighted by molar-refractivity contribution is 0.0740. The summed E-state index contributed by atoms with van der Waals surface area (Å²) in [6, 6.07) is 4.26. The third-order valence-electron chi connectivity index (χ3n) is 3.33. The molecule has 4 heteroatoms. The largest absolute Gasteiger partial charge is 0.335 e. The Morgan fingerprint density at radius 3 is 2.85 bits per heavy atom. The van der Waals surface area contributed by atoms with E-state index in [4.69, 9.17) is 5.73 Å². The monoisotopic (exact) mass is 290 g/mol. The van der Waals surface area contributed by atoms with Crippen molar-refractivity contribution in [3.8, 4) is 11.8 Å². The Bertz CT molecular complexity index is 520. The summed E-state index contributed by atoms with van der Waals surface area (Å²) in [7, 11) is 0. The molecule has 1 saturated carbocycles. The van der Waals surface area contributed by atoms with Crippen molar-refractivity contribution in [2.24, 2.45) is 11.7 Å².